The predicted octanol–water partition coefficient (Wildman–Crippen LogP) is 2.53. The predicted molar refractivity (Wildman–Crippen MR) is 95.6 cm³/mol. The monoisotopic (exact) mass is 338 g/mol. The molecule has 2 aromatic rings. The molecule has 3 rings (SSSR count). The lowest BCUT2D eigenvalue weighted by atomic mass is 10.1. The van der Waals surface area contributed by atoms with Crippen molar-refractivity contribution >= 4 is 40.9 Å². The number of nitrogens with zero attached hydrogens (tertiary/aromatic N) is 1. The summed E-state index contributed by atoms with van der Waals surface area (Å²) in [6, 6.07) is 16.0. The molecule has 120 valence electrons. The summed E-state index contributed by atoms with van der Waals surface area (Å²) < 4.78 is 5.10. The Kier molecular flexibility index (Phi) is 4.39. The van der Waals surface area contributed by atoms with Crippen molar-refractivity contribution in [2.45, 2.75) is 0 Å². The van der Waals surface area contributed by atoms with E-state index < -0.39 is 11.8 Å². The molecule has 1 aliphatic heterocycles. The summed E-state index contributed by atoms with van der Waals surface area (Å²) in [4.78, 5) is 26.3. The highest BCUT2D eigenvalue weighted by molar-refractivity contribution is 7.80. The fraction of sp³-hybridized carbons (Fsp3) is 0.0556. The number of hydrogen-bond donors (Lipinski definition) is 1. The van der Waals surface area contributed by atoms with Crippen molar-refractivity contribution in [2.75, 3.05) is 12.0 Å². The highest BCUT2D eigenvalue weighted by atomic mass is 32.1. The molecule has 2 amide bonds. The van der Waals surface area contributed by atoms with E-state index >= 15 is 0 Å². The van der Waals surface area contributed by atoms with Crippen molar-refractivity contribution in [3.05, 3.63) is 65.7 Å². The van der Waals surface area contributed by atoms with Crippen molar-refractivity contribution in [3.63, 3.8) is 0 Å². The van der Waals surface area contributed by atoms with Gasteiger partial charge < -0.3 is 4.74 Å². The molecule has 1 heterocycles. The Morgan fingerprint density at radius 1 is 1.04 bits per heavy atom. The first-order valence-corrected chi connectivity index (χ1v) is 7.61. The molecule has 24 heavy (non-hydrogen) atoms. The molecule has 0 atom stereocenters. The molecule has 0 saturated carbocycles. The van der Waals surface area contributed by atoms with E-state index in [1.165, 1.54) is 11.0 Å². The molecule has 0 radical (unpaired) electrons. The van der Waals surface area contributed by atoms with E-state index in [1.54, 1.807) is 55.6 Å². The summed E-state index contributed by atoms with van der Waals surface area (Å²) in [5, 5.41) is 2.63. The van der Waals surface area contributed by atoms with Crippen molar-refractivity contribution in [2.24, 2.45) is 0 Å². The average molecular weight is 338 g/mol. The average Bonchev–Trinajstić information content (AvgIpc) is 2.60. The van der Waals surface area contributed by atoms with Gasteiger partial charge in [-0.15, -0.1) is 0 Å². The lowest BCUT2D eigenvalue weighted by Crippen LogP contribution is -2.54. The number of nitrogens with one attached hydrogen (secondary N) is 1. The van der Waals surface area contributed by atoms with E-state index in [4.69, 9.17) is 17.0 Å². The van der Waals surface area contributed by atoms with Crippen LogP contribution < -0.4 is 15.0 Å². The summed E-state index contributed by atoms with van der Waals surface area (Å²) in [7, 11) is 1.57. The zero-order chi connectivity index (χ0) is 17.1. The Hall–Kier alpha value is -2.99. The fourth-order valence-corrected chi connectivity index (χ4v) is 2.62. The second-order valence-corrected chi connectivity index (χ2v) is 5.45. The Balaban J connectivity index is 1.97. The third kappa shape index (κ3) is 3.04. The van der Waals surface area contributed by atoms with Crippen LogP contribution in [0.3, 0.4) is 0 Å². The van der Waals surface area contributed by atoms with Crippen LogP contribution in [0.25, 0.3) is 6.08 Å². The fourth-order valence-electron chi connectivity index (χ4n) is 2.34. The smallest absolute Gasteiger partial charge is 0.270 e. The number of hydrogen-bond acceptors (Lipinski definition) is 4. The Bertz CT molecular complexity index is 829. The maximum atomic E-state index is 12.8. The zero-order valence-electron chi connectivity index (χ0n) is 12.9. The molecular weight excluding hydrogens is 324 g/mol. The summed E-state index contributed by atoms with van der Waals surface area (Å²) in [5.41, 5.74) is 1.35. The molecule has 5 nitrogen and oxygen atoms in total. The topological polar surface area (TPSA) is 58.6 Å². The van der Waals surface area contributed by atoms with E-state index in [0.717, 1.165) is 5.56 Å². The maximum absolute atomic E-state index is 12.8. The van der Waals surface area contributed by atoms with Gasteiger partial charge in [-0.2, -0.15) is 0 Å². The number of para-hydroxylation sites is 1. The van der Waals surface area contributed by atoms with Crippen molar-refractivity contribution in [3.8, 4) is 5.75 Å². The quantitative estimate of drug-likeness (QED) is 0.531. The van der Waals surface area contributed by atoms with Crippen molar-refractivity contribution in [1.29, 1.82) is 0 Å². The number of thiocarbonyl (C=S) groups is 1. The summed E-state index contributed by atoms with van der Waals surface area (Å²) in [5.74, 6) is -0.262. The lowest BCUT2D eigenvalue weighted by Gasteiger charge is -2.28. The highest BCUT2D eigenvalue weighted by Crippen LogP contribution is 2.22. The molecule has 0 bridgehead atoms. The van der Waals surface area contributed by atoms with Gasteiger partial charge in [0.25, 0.3) is 11.8 Å². The molecule has 1 aliphatic rings. The van der Waals surface area contributed by atoms with E-state index in [2.05, 4.69) is 5.32 Å². The SMILES string of the molecule is COc1ccc(/C=C2\C(=O)NC(=S)N(c3ccccc3)C2=O)cc1. The molecule has 6 heteroatoms. The van der Waals surface area contributed by atoms with Crippen LogP contribution in [-0.4, -0.2) is 24.0 Å². The van der Waals surface area contributed by atoms with Gasteiger partial charge in [-0.1, -0.05) is 30.3 Å². The van der Waals surface area contributed by atoms with Gasteiger partial charge in [0.2, 0.25) is 0 Å². The largest absolute Gasteiger partial charge is 0.497 e. The number of carbonyl (C=O) groups is 2. The van der Waals surface area contributed by atoms with Crippen LogP contribution in [0.2, 0.25) is 0 Å². The Morgan fingerprint density at radius 2 is 1.71 bits per heavy atom. The van der Waals surface area contributed by atoms with Gasteiger partial charge in [0, 0.05) is 0 Å². The number of ether oxygens (including phenoxy) is 1. The van der Waals surface area contributed by atoms with Gasteiger partial charge in [0.05, 0.1) is 12.8 Å². The Morgan fingerprint density at radius 3 is 2.33 bits per heavy atom. The highest BCUT2D eigenvalue weighted by Gasteiger charge is 2.34. The van der Waals surface area contributed by atoms with Gasteiger partial charge in [-0.25, -0.2) is 0 Å². The van der Waals surface area contributed by atoms with Crippen LogP contribution in [0.4, 0.5) is 5.69 Å². The van der Waals surface area contributed by atoms with Crippen LogP contribution in [-0.2, 0) is 9.59 Å². The van der Waals surface area contributed by atoms with Crippen LogP contribution in [0.5, 0.6) is 5.75 Å². The molecule has 1 saturated heterocycles. The van der Waals surface area contributed by atoms with Crippen LogP contribution in [0.1, 0.15) is 5.56 Å². The molecule has 2 aromatic carbocycles. The summed E-state index contributed by atoms with van der Waals surface area (Å²) in [6.45, 7) is 0. The third-order valence-corrected chi connectivity index (χ3v) is 3.83. The first-order chi connectivity index (χ1) is 11.6. The molecule has 0 aliphatic carbocycles. The van der Waals surface area contributed by atoms with Crippen molar-refractivity contribution in [1.82, 2.24) is 5.32 Å². The summed E-state index contributed by atoms with van der Waals surface area (Å²) >= 11 is 5.14. The van der Waals surface area contributed by atoms with Gasteiger partial charge in [-0.3, -0.25) is 19.8 Å². The second kappa shape index (κ2) is 6.64. The molecule has 1 fully saturated rings. The number of carbonyl (C=O) groups excluding carboxylic acids is 2. The van der Waals surface area contributed by atoms with E-state index in [9.17, 15) is 9.59 Å². The number of amides is 2. The normalized spacial score (nSPS) is 16.3. The van der Waals surface area contributed by atoms with Gasteiger partial charge >= 0.3 is 0 Å². The number of anilines is 1. The molecule has 0 unspecified atom stereocenters. The first kappa shape index (κ1) is 15.9. The van der Waals surface area contributed by atoms with Crippen LogP contribution >= 0.6 is 12.2 Å². The third-order valence-electron chi connectivity index (χ3n) is 3.54. The number of methoxy groups -OCH3 is 1. The van der Waals surface area contributed by atoms with E-state index in [1.807, 2.05) is 6.07 Å². The molecule has 0 spiro atoms. The van der Waals surface area contributed by atoms with Gasteiger partial charge in [0.1, 0.15) is 11.3 Å². The van der Waals surface area contributed by atoms with Gasteiger partial charge in [-0.05, 0) is 48.1 Å². The molecule has 1 N–H and O–H groups in total. The first-order valence-electron chi connectivity index (χ1n) is 7.20. The maximum Gasteiger partial charge on any atom is 0.270 e. The minimum atomic E-state index is -0.506. The summed E-state index contributed by atoms with van der Waals surface area (Å²) in [6.07, 6.45) is 1.54. The minimum absolute atomic E-state index is 0.0256. The standard InChI is InChI=1S/C18H14N2O3S/c1-23-14-9-7-12(8-10-14)11-15-16(21)19-18(24)20(17(15)22)13-5-3-2-4-6-13/h2-11H,1H3,(H,19,21,24)/b15-11+. The second-order valence-electron chi connectivity index (χ2n) is 5.07. The van der Waals surface area contributed by atoms with Crippen molar-refractivity contribution < 1.29 is 14.3 Å². The minimum Gasteiger partial charge on any atom is -0.497 e. The van der Waals surface area contributed by atoms with Crippen LogP contribution in [0, 0.1) is 0 Å². The van der Waals surface area contributed by atoms with Crippen LogP contribution in [0.15, 0.2) is 60.2 Å². The molecule has 0 aromatic heterocycles. The van der Waals surface area contributed by atoms with Gasteiger partial charge in [0.15, 0.2) is 5.11 Å². The molecular formula is C18H14N2O3S. The zero-order valence-corrected chi connectivity index (χ0v) is 13.7. The Labute approximate surface area is 144 Å². The lowest BCUT2D eigenvalue weighted by molar-refractivity contribution is -0.122. The number of benzene rings is 2. The van der Waals surface area contributed by atoms with E-state index in [-0.39, 0.29) is 10.7 Å². The van der Waals surface area contributed by atoms with E-state index in [0.29, 0.717) is 11.4 Å². The number of rotatable bonds is 3.